The Hall–Kier alpha value is -1.88. The van der Waals surface area contributed by atoms with Crippen molar-refractivity contribution in [2.24, 2.45) is 4.99 Å². The fraction of sp³-hybridized carbons (Fsp3) is 0.389. The molecule has 0 unspecified atom stereocenters. The Morgan fingerprint density at radius 3 is 2.67 bits per heavy atom. The van der Waals surface area contributed by atoms with E-state index in [1.807, 2.05) is 12.1 Å². The van der Waals surface area contributed by atoms with Gasteiger partial charge in [-0.3, -0.25) is 4.99 Å². The van der Waals surface area contributed by atoms with Crippen LogP contribution >= 0.6 is 24.0 Å². The van der Waals surface area contributed by atoms with E-state index in [1.54, 1.807) is 13.4 Å². The van der Waals surface area contributed by atoms with E-state index in [0.29, 0.717) is 32.2 Å². The topological polar surface area (TPSA) is 68.0 Å². The van der Waals surface area contributed by atoms with E-state index in [2.05, 4.69) is 15.6 Å². The molecule has 1 heterocycles. The molecule has 0 saturated heterocycles. The standard InChI is InChI=1S/C18H23F2N3O3.HI/c1-24-11-8-22-18(21-7-6-15-3-2-10-25-15)23-9-12-26-17-5-4-14(19)13-16(17)20;/h2-5,10,13H,6-9,11-12H2,1H3,(H2,21,22,23);1H. The van der Waals surface area contributed by atoms with Crippen LogP contribution in [0.4, 0.5) is 8.78 Å². The molecular weight excluding hydrogens is 471 g/mol. The van der Waals surface area contributed by atoms with Gasteiger partial charge in [-0.25, -0.2) is 8.78 Å². The number of ether oxygens (including phenoxy) is 2. The van der Waals surface area contributed by atoms with Crippen LogP contribution in [0.1, 0.15) is 5.76 Å². The zero-order valence-corrected chi connectivity index (χ0v) is 17.4. The number of rotatable bonds is 10. The minimum atomic E-state index is -0.726. The summed E-state index contributed by atoms with van der Waals surface area (Å²) < 4.78 is 41.9. The highest BCUT2D eigenvalue weighted by molar-refractivity contribution is 14.0. The summed E-state index contributed by atoms with van der Waals surface area (Å²) in [5.41, 5.74) is 0. The molecule has 2 rings (SSSR count). The van der Waals surface area contributed by atoms with Crippen molar-refractivity contribution in [1.29, 1.82) is 0 Å². The molecule has 0 amide bonds. The predicted octanol–water partition coefficient (Wildman–Crippen LogP) is 2.98. The van der Waals surface area contributed by atoms with Crippen LogP contribution in [0.25, 0.3) is 0 Å². The van der Waals surface area contributed by atoms with Crippen molar-refractivity contribution in [3.8, 4) is 5.75 Å². The third kappa shape index (κ3) is 9.05. The number of guanidine groups is 1. The smallest absolute Gasteiger partial charge is 0.191 e. The predicted molar refractivity (Wildman–Crippen MR) is 110 cm³/mol. The summed E-state index contributed by atoms with van der Waals surface area (Å²) in [4.78, 5) is 4.37. The third-order valence-electron chi connectivity index (χ3n) is 3.36. The van der Waals surface area contributed by atoms with E-state index in [-0.39, 0.29) is 36.3 Å². The summed E-state index contributed by atoms with van der Waals surface area (Å²) in [6.07, 6.45) is 2.35. The normalized spacial score (nSPS) is 11.0. The zero-order chi connectivity index (χ0) is 18.6. The number of hydrogen-bond acceptors (Lipinski definition) is 4. The highest BCUT2D eigenvalue weighted by Crippen LogP contribution is 2.17. The van der Waals surface area contributed by atoms with E-state index >= 15 is 0 Å². The number of nitrogens with zero attached hydrogens (tertiary/aromatic N) is 1. The van der Waals surface area contributed by atoms with Crippen LogP contribution in [0.3, 0.4) is 0 Å². The van der Waals surface area contributed by atoms with Gasteiger partial charge in [0.25, 0.3) is 0 Å². The Morgan fingerprint density at radius 1 is 1.15 bits per heavy atom. The number of furan rings is 1. The lowest BCUT2D eigenvalue weighted by atomic mass is 10.3. The molecule has 150 valence electrons. The van der Waals surface area contributed by atoms with E-state index in [1.165, 1.54) is 6.07 Å². The number of aliphatic imine (C=N–C) groups is 1. The molecule has 0 spiro atoms. The highest BCUT2D eigenvalue weighted by atomic mass is 127. The number of halogens is 3. The molecule has 0 atom stereocenters. The van der Waals surface area contributed by atoms with Crippen molar-refractivity contribution >= 4 is 29.9 Å². The maximum atomic E-state index is 13.5. The van der Waals surface area contributed by atoms with Crippen molar-refractivity contribution in [2.45, 2.75) is 6.42 Å². The number of hydrogen-bond donors (Lipinski definition) is 2. The van der Waals surface area contributed by atoms with Gasteiger partial charge < -0.3 is 24.5 Å². The Balaban J connectivity index is 0.00000364. The Kier molecular flexibility index (Phi) is 11.4. The summed E-state index contributed by atoms with van der Waals surface area (Å²) in [7, 11) is 1.61. The maximum Gasteiger partial charge on any atom is 0.191 e. The lowest BCUT2D eigenvalue weighted by molar-refractivity contribution is 0.208. The highest BCUT2D eigenvalue weighted by Gasteiger charge is 2.05. The van der Waals surface area contributed by atoms with E-state index in [0.717, 1.165) is 24.3 Å². The number of benzene rings is 1. The number of methoxy groups -OCH3 is 1. The molecule has 2 N–H and O–H groups in total. The molecule has 0 aliphatic rings. The summed E-state index contributed by atoms with van der Waals surface area (Å²) in [5.74, 6) is 0.120. The van der Waals surface area contributed by atoms with Crippen molar-refractivity contribution in [1.82, 2.24) is 10.6 Å². The van der Waals surface area contributed by atoms with Gasteiger partial charge in [0.05, 0.1) is 26.0 Å². The van der Waals surface area contributed by atoms with Gasteiger partial charge in [0.1, 0.15) is 18.2 Å². The molecule has 0 bridgehead atoms. The third-order valence-corrected chi connectivity index (χ3v) is 3.36. The van der Waals surface area contributed by atoms with Crippen LogP contribution in [0.15, 0.2) is 46.0 Å². The van der Waals surface area contributed by atoms with Crippen LogP contribution in [0.2, 0.25) is 0 Å². The zero-order valence-electron chi connectivity index (χ0n) is 15.0. The number of nitrogens with one attached hydrogen (secondary N) is 2. The van der Waals surface area contributed by atoms with E-state index in [9.17, 15) is 8.78 Å². The fourth-order valence-corrected chi connectivity index (χ4v) is 2.10. The molecule has 9 heteroatoms. The van der Waals surface area contributed by atoms with Gasteiger partial charge in [-0.05, 0) is 24.3 Å². The molecule has 2 aromatic rings. The first kappa shape index (κ1) is 23.2. The summed E-state index contributed by atoms with van der Waals surface area (Å²) >= 11 is 0. The molecule has 0 aliphatic heterocycles. The van der Waals surface area contributed by atoms with Crippen LogP contribution in [-0.4, -0.2) is 45.9 Å². The van der Waals surface area contributed by atoms with Gasteiger partial charge >= 0.3 is 0 Å². The molecule has 27 heavy (non-hydrogen) atoms. The monoisotopic (exact) mass is 495 g/mol. The summed E-state index contributed by atoms with van der Waals surface area (Å²) in [5, 5.41) is 6.27. The summed E-state index contributed by atoms with van der Waals surface area (Å²) in [6, 6.07) is 6.95. The molecular formula is C18H24F2IN3O3. The Morgan fingerprint density at radius 2 is 1.96 bits per heavy atom. The fourth-order valence-electron chi connectivity index (χ4n) is 2.10. The second kappa shape index (κ2) is 13.3. The van der Waals surface area contributed by atoms with Crippen molar-refractivity contribution in [3.05, 3.63) is 54.0 Å². The second-order valence-electron chi connectivity index (χ2n) is 5.33. The van der Waals surface area contributed by atoms with Crippen molar-refractivity contribution in [3.63, 3.8) is 0 Å². The Bertz CT molecular complexity index is 684. The molecule has 1 aromatic heterocycles. The van der Waals surface area contributed by atoms with Crippen LogP contribution in [0.5, 0.6) is 5.75 Å². The molecule has 0 fully saturated rings. The lowest BCUT2D eigenvalue weighted by Crippen LogP contribution is -2.40. The SMILES string of the molecule is COCCN=C(NCCOc1ccc(F)cc1F)NCCc1ccco1.I. The van der Waals surface area contributed by atoms with Gasteiger partial charge in [-0.2, -0.15) is 0 Å². The summed E-state index contributed by atoms with van der Waals surface area (Å²) in [6.45, 7) is 2.24. The lowest BCUT2D eigenvalue weighted by Gasteiger charge is -2.13. The average Bonchev–Trinajstić information content (AvgIpc) is 3.13. The van der Waals surface area contributed by atoms with Crippen molar-refractivity contribution in [2.75, 3.05) is 40.0 Å². The Labute approximate surface area is 174 Å². The van der Waals surface area contributed by atoms with E-state index in [4.69, 9.17) is 13.9 Å². The average molecular weight is 495 g/mol. The van der Waals surface area contributed by atoms with Crippen LogP contribution < -0.4 is 15.4 Å². The largest absolute Gasteiger partial charge is 0.489 e. The minimum absolute atomic E-state index is 0. The van der Waals surface area contributed by atoms with Gasteiger partial charge in [0.15, 0.2) is 17.5 Å². The maximum absolute atomic E-state index is 13.5. The molecule has 0 aliphatic carbocycles. The van der Waals surface area contributed by atoms with Gasteiger partial charge in [-0.15, -0.1) is 24.0 Å². The first-order chi connectivity index (χ1) is 12.7. The molecule has 6 nitrogen and oxygen atoms in total. The van der Waals surface area contributed by atoms with Crippen LogP contribution in [0, 0.1) is 11.6 Å². The first-order valence-corrected chi connectivity index (χ1v) is 8.30. The molecule has 0 radical (unpaired) electrons. The van der Waals surface area contributed by atoms with Gasteiger partial charge in [0.2, 0.25) is 0 Å². The quantitative estimate of drug-likeness (QED) is 0.230. The van der Waals surface area contributed by atoms with Crippen molar-refractivity contribution < 1.29 is 22.7 Å². The second-order valence-corrected chi connectivity index (χ2v) is 5.33. The molecule has 0 saturated carbocycles. The van der Waals surface area contributed by atoms with Crippen LogP contribution in [-0.2, 0) is 11.2 Å². The first-order valence-electron chi connectivity index (χ1n) is 8.30. The van der Waals surface area contributed by atoms with E-state index < -0.39 is 11.6 Å². The van der Waals surface area contributed by atoms with Gasteiger partial charge in [0, 0.05) is 26.1 Å². The van der Waals surface area contributed by atoms with Gasteiger partial charge in [-0.1, -0.05) is 0 Å². The minimum Gasteiger partial charge on any atom is -0.489 e. The molecule has 1 aromatic carbocycles.